The van der Waals surface area contributed by atoms with E-state index in [-0.39, 0.29) is 5.43 Å². The number of hydrogen-bond donors (Lipinski definition) is 2. The van der Waals surface area contributed by atoms with Crippen molar-refractivity contribution in [2.75, 3.05) is 5.32 Å². The molecule has 1 aromatic heterocycles. The molecular formula is C18H16N2O. The van der Waals surface area contributed by atoms with Gasteiger partial charge in [-0.05, 0) is 32.0 Å². The van der Waals surface area contributed by atoms with Crippen LogP contribution in [0.1, 0.15) is 19.4 Å². The van der Waals surface area contributed by atoms with Crippen LogP contribution in [-0.4, -0.2) is 4.98 Å². The van der Waals surface area contributed by atoms with Gasteiger partial charge in [-0.3, -0.25) is 4.79 Å². The van der Waals surface area contributed by atoms with Crippen LogP contribution in [-0.2, 0) is 5.54 Å². The zero-order valence-electron chi connectivity index (χ0n) is 12.0. The molecule has 3 nitrogen and oxygen atoms in total. The minimum absolute atomic E-state index is 0.103. The fraction of sp³-hybridized carbons (Fsp3) is 0.167. The lowest BCUT2D eigenvalue weighted by molar-refractivity contribution is 0.599. The van der Waals surface area contributed by atoms with Crippen molar-refractivity contribution < 1.29 is 0 Å². The predicted octanol–water partition coefficient (Wildman–Crippen LogP) is 3.86. The van der Waals surface area contributed by atoms with Crippen molar-refractivity contribution >= 4 is 16.6 Å². The molecule has 0 spiro atoms. The first-order valence-electron chi connectivity index (χ1n) is 7.11. The maximum Gasteiger partial charge on any atom is 0.195 e. The van der Waals surface area contributed by atoms with Crippen LogP contribution in [0.5, 0.6) is 0 Å². The molecule has 2 aromatic carbocycles. The van der Waals surface area contributed by atoms with Crippen LogP contribution in [0, 0.1) is 0 Å². The summed E-state index contributed by atoms with van der Waals surface area (Å²) < 4.78 is 0. The summed E-state index contributed by atoms with van der Waals surface area (Å²) in [6.07, 6.45) is 0. The van der Waals surface area contributed by atoms with Gasteiger partial charge < -0.3 is 10.3 Å². The minimum atomic E-state index is -0.401. The highest BCUT2D eigenvalue weighted by Crippen LogP contribution is 2.41. The van der Waals surface area contributed by atoms with E-state index in [0.717, 1.165) is 33.4 Å². The van der Waals surface area contributed by atoms with Gasteiger partial charge in [0.1, 0.15) is 0 Å². The van der Waals surface area contributed by atoms with Gasteiger partial charge in [-0.25, -0.2) is 0 Å². The molecule has 0 bridgehead atoms. The Labute approximate surface area is 122 Å². The van der Waals surface area contributed by atoms with Crippen molar-refractivity contribution in [3.8, 4) is 11.3 Å². The van der Waals surface area contributed by atoms with Crippen LogP contribution < -0.4 is 10.7 Å². The quantitative estimate of drug-likeness (QED) is 0.655. The first-order valence-corrected chi connectivity index (χ1v) is 7.11. The zero-order valence-corrected chi connectivity index (χ0v) is 12.0. The molecule has 21 heavy (non-hydrogen) atoms. The fourth-order valence-electron chi connectivity index (χ4n) is 3.24. The highest BCUT2D eigenvalue weighted by atomic mass is 16.1. The van der Waals surface area contributed by atoms with E-state index in [9.17, 15) is 4.79 Å². The number of rotatable bonds is 0. The van der Waals surface area contributed by atoms with E-state index in [4.69, 9.17) is 0 Å². The second kappa shape index (κ2) is 3.98. The van der Waals surface area contributed by atoms with Crippen LogP contribution in [0.2, 0.25) is 0 Å². The lowest BCUT2D eigenvalue weighted by Crippen LogP contribution is -2.37. The summed E-state index contributed by atoms with van der Waals surface area (Å²) in [6, 6.07) is 15.8. The monoisotopic (exact) mass is 276 g/mol. The van der Waals surface area contributed by atoms with Crippen molar-refractivity contribution in [1.82, 2.24) is 4.98 Å². The third kappa shape index (κ3) is 1.64. The van der Waals surface area contributed by atoms with E-state index in [1.54, 1.807) is 0 Å². The topological polar surface area (TPSA) is 44.9 Å². The van der Waals surface area contributed by atoms with E-state index >= 15 is 0 Å². The second-order valence-corrected chi connectivity index (χ2v) is 6.05. The minimum Gasteiger partial charge on any atom is -0.375 e. The number of pyridine rings is 1. The average molecular weight is 276 g/mol. The fourth-order valence-corrected chi connectivity index (χ4v) is 3.24. The van der Waals surface area contributed by atoms with E-state index < -0.39 is 5.54 Å². The van der Waals surface area contributed by atoms with Gasteiger partial charge in [-0.2, -0.15) is 0 Å². The van der Waals surface area contributed by atoms with Gasteiger partial charge in [-0.1, -0.05) is 30.3 Å². The molecule has 0 saturated carbocycles. The van der Waals surface area contributed by atoms with Crippen LogP contribution in [0.3, 0.4) is 0 Å². The average Bonchev–Trinajstić information content (AvgIpc) is 2.46. The molecule has 2 N–H and O–H groups in total. The molecule has 3 aromatic rings. The van der Waals surface area contributed by atoms with Crippen LogP contribution in [0.25, 0.3) is 22.2 Å². The second-order valence-electron chi connectivity index (χ2n) is 6.05. The Morgan fingerprint density at radius 2 is 1.67 bits per heavy atom. The predicted molar refractivity (Wildman–Crippen MR) is 86.7 cm³/mol. The van der Waals surface area contributed by atoms with Gasteiger partial charge in [0.2, 0.25) is 0 Å². The SMILES string of the molecule is CC1(C)Nc2ccccc2-c2[nH]c3ccccc3c(=O)c21. The van der Waals surface area contributed by atoms with Crippen molar-refractivity contribution in [2.24, 2.45) is 0 Å². The summed E-state index contributed by atoms with van der Waals surface area (Å²) in [7, 11) is 0. The highest BCUT2D eigenvalue weighted by Gasteiger charge is 2.33. The van der Waals surface area contributed by atoms with Gasteiger partial charge in [-0.15, -0.1) is 0 Å². The highest BCUT2D eigenvalue weighted by molar-refractivity contribution is 5.89. The molecule has 0 fully saturated rings. The van der Waals surface area contributed by atoms with Crippen LogP contribution >= 0.6 is 0 Å². The Hall–Kier alpha value is -2.55. The lowest BCUT2D eigenvalue weighted by Gasteiger charge is -2.35. The molecule has 0 amide bonds. The Bertz CT molecular complexity index is 922. The number of H-pyrrole nitrogens is 1. The molecule has 0 atom stereocenters. The molecule has 0 radical (unpaired) electrons. The molecule has 0 aliphatic carbocycles. The van der Waals surface area contributed by atoms with Gasteiger partial charge >= 0.3 is 0 Å². The number of aromatic nitrogens is 1. The molecule has 0 saturated heterocycles. The smallest absolute Gasteiger partial charge is 0.195 e. The van der Waals surface area contributed by atoms with Gasteiger partial charge in [0, 0.05) is 27.7 Å². The summed E-state index contributed by atoms with van der Waals surface area (Å²) in [5.74, 6) is 0. The first kappa shape index (κ1) is 12.2. The summed E-state index contributed by atoms with van der Waals surface area (Å²) in [5, 5.41) is 4.22. The van der Waals surface area contributed by atoms with E-state index in [2.05, 4.69) is 10.3 Å². The Morgan fingerprint density at radius 3 is 2.52 bits per heavy atom. The summed E-state index contributed by atoms with van der Waals surface area (Å²) in [6.45, 7) is 4.09. The first-order chi connectivity index (χ1) is 10.1. The number of benzene rings is 2. The van der Waals surface area contributed by atoms with E-state index in [1.807, 2.05) is 62.4 Å². The van der Waals surface area contributed by atoms with Crippen molar-refractivity contribution in [2.45, 2.75) is 19.4 Å². The molecule has 4 rings (SSSR count). The molecule has 1 aliphatic rings. The van der Waals surface area contributed by atoms with Crippen LogP contribution in [0.4, 0.5) is 5.69 Å². The van der Waals surface area contributed by atoms with Crippen molar-refractivity contribution in [1.29, 1.82) is 0 Å². The van der Waals surface area contributed by atoms with Crippen molar-refractivity contribution in [3.63, 3.8) is 0 Å². The summed E-state index contributed by atoms with van der Waals surface area (Å²) in [4.78, 5) is 16.4. The van der Waals surface area contributed by atoms with E-state index in [1.165, 1.54) is 0 Å². The third-order valence-electron chi connectivity index (χ3n) is 4.18. The largest absolute Gasteiger partial charge is 0.375 e. The maximum absolute atomic E-state index is 12.9. The number of nitrogens with one attached hydrogen (secondary N) is 2. The number of anilines is 1. The number of fused-ring (bicyclic) bond motifs is 4. The van der Waals surface area contributed by atoms with Crippen molar-refractivity contribution in [3.05, 3.63) is 64.3 Å². The maximum atomic E-state index is 12.9. The van der Waals surface area contributed by atoms with Gasteiger partial charge in [0.15, 0.2) is 5.43 Å². The summed E-state index contributed by atoms with van der Waals surface area (Å²) >= 11 is 0. The third-order valence-corrected chi connectivity index (χ3v) is 4.18. The van der Waals surface area contributed by atoms with Crippen LogP contribution in [0.15, 0.2) is 53.3 Å². The standard InChI is InChI=1S/C18H16N2O/c1-18(2)15-16(11-7-3-6-10-14(11)20-18)19-13-9-5-4-8-12(13)17(15)21/h3-10,20H,1-2H3,(H,19,21). The summed E-state index contributed by atoms with van der Waals surface area (Å²) in [5.41, 5.74) is 4.43. The molecule has 104 valence electrons. The number of hydrogen-bond acceptors (Lipinski definition) is 2. The Kier molecular flexibility index (Phi) is 2.31. The molecule has 0 unspecified atom stereocenters. The molecule has 2 heterocycles. The molecule has 1 aliphatic heterocycles. The number of aromatic amines is 1. The van der Waals surface area contributed by atoms with E-state index in [0.29, 0.717) is 0 Å². The normalized spacial score (nSPS) is 15.1. The molecule has 3 heteroatoms. The zero-order chi connectivity index (χ0) is 14.6. The van der Waals surface area contributed by atoms with Gasteiger partial charge in [0.25, 0.3) is 0 Å². The number of para-hydroxylation sites is 2. The Balaban J connectivity index is 2.20. The molecular weight excluding hydrogens is 260 g/mol. The lowest BCUT2D eigenvalue weighted by atomic mass is 9.84. The van der Waals surface area contributed by atoms with Gasteiger partial charge in [0.05, 0.1) is 11.2 Å². The Morgan fingerprint density at radius 1 is 0.952 bits per heavy atom.